The number of phenolic OH excluding ortho intramolecular Hbond substituents is 1. The van der Waals surface area contributed by atoms with Crippen LogP contribution in [-0.4, -0.2) is 14.3 Å². The summed E-state index contributed by atoms with van der Waals surface area (Å²) < 4.78 is 14.4. The molecule has 0 aliphatic carbocycles. The predicted molar refractivity (Wildman–Crippen MR) is 35.2 cm³/mol. The summed E-state index contributed by atoms with van der Waals surface area (Å²) >= 11 is 0. The lowest BCUT2D eigenvalue weighted by Gasteiger charge is -2.06. The van der Waals surface area contributed by atoms with E-state index in [0.717, 1.165) is 0 Å². The topological polar surface area (TPSA) is 69.6 Å². The van der Waals surface area contributed by atoms with Crippen LogP contribution in [0, 0.1) is 0 Å². The standard InChI is InChI=1S/C6H5O4Si/c7-5-2-1-3-6(4-5)10-11(8)9/h1-4,7H/q-1. The molecule has 1 aromatic carbocycles. The van der Waals surface area contributed by atoms with Gasteiger partial charge in [0, 0.05) is 11.8 Å². The summed E-state index contributed by atoms with van der Waals surface area (Å²) in [5.74, 6) is 0.106. The van der Waals surface area contributed by atoms with Gasteiger partial charge in [0.2, 0.25) is 0 Å². The lowest BCUT2D eigenvalue weighted by atomic mass is 10.3. The molecule has 11 heavy (non-hydrogen) atoms. The van der Waals surface area contributed by atoms with Gasteiger partial charge in [0.15, 0.2) is 0 Å². The van der Waals surface area contributed by atoms with Crippen LogP contribution in [0.3, 0.4) is 0 Å². The van der Waals surface area contributed by atoms with Crippen LogP contribution in [0.25, 0.3) is 0 Å². The number of phenols is 1. The van der Waals surface area contributed by atoms with Crippen molar-refractivity contribution in [2.45, 2.75) is 0 Å². The summed E-state index contributed by atoms with van der Waals surface area (Å²) in [6, 6.07) is 5.59. The van der Waals surface area contributed by atoms with Crippen molar-refractivity contribution in [1.29, 1.82) is 0 Å². The maximum absolute atomic E-state index is 10.1. The SMILES string of the molecule is O=[Si]([O-])Oc1cccc(O)c1. The van der Waals surface area contributed by atoms with Gasteiger partial charge in [-0.25, -0.2) is 0 Å². The van der Waals surface area contributed by atoms with E-state index >= 15 is 0 Å². The van der Waals surface area contributed by atoms with Crippen molar-refractivity contribution in [3.63, 3.8) is 0 Å². The predicted octanol–water partition coefficient (Wildman–Crippen LogP) is -0.453. The number of hydrogen-bond acceptors (Lipinski definition) is 4. The molecule has 0 saturated heterocycles. The highest BCUT2D eigenvalue weighted by molar-refractivity contribution is 6.23. The van der Waals surface area contributed by atoms with Crippen LogP contribution in [0.15, 0.2) is 24.3 Å². The molecule has 4 nitrogen and oxygen atoms in total. The van der Waals surface area contributed by atoms with Gasteiger partial charge >= 0.3 is 9.17 Å². The van der Waals surface area contributed by atoms with E-state index in [1.165, 1.54) is 24.3 Å². The Kier molecular flexibility index (Phi) is 2.22. The Hall–Kier alpha value is -1.36. The van der Waals surface area contributed by atoms with E-state index in [1.807, 2.05) is 0 Å². The minimum atomic E-state index is -3.21. The Morgan fingerprint density at radius 1 is 1.55 bits per heavy atom. The van der Waals surface area contributed by atoms with Gasteiger partial charge < -0.3 is 18.8 Å². The van der Waals surface area contributed by atoms with E-state index in [1.54, 1.807) is 0 Å². The summed E-state index contributed by atoms with van der Waals surface area (Å²) in [5.41, 5.74) is 0. The smallest absolute Gasteiger partial charge is 0.418 e. The van der Waals surface area contributed by atoms with Crippen molar-refractivity contribution in [3.05, 3.63) is 24.3 Å². The summed E-state index contributed by atoms with van der Waals surface area (Å²) in [4.78, 5) is 10.1. The van der Waals surface area contributed by atoms with Gasteiger partial charge in [-0.3, -0.25) is 0 Å². The molecular formula is C6H5O4Si-. The Morgan fingerprint density at radius 2 is 2.27 bits per heavy atom. The first kappa shape index (κ1) is 7.74. The number of benzene rings is 1. The zero-order valence-corrected chi connectivity index (χ0v) is 6.48. The fourth-order valence-electron chi connectivity index (χ4n) is 0.643. The highest BCUT2D eigenvalue weighted by atomic mass is 28.3. The molecule has 1 aromatic rings. The van der Waals surface area contributed by atoms with Crippen LogP contribution in [0.2, 0.25) is 0 Å². The second-order valence-corrected chi connectivity index (χ2v) is 2.55. The maximum atomic E-state index is 10.1. The molecule has 0 aromatic heterocycles. The van der Waals surface area contributed by atoms with Gasteiger partial charge in [0.25, 0.3) is 0 Å². The van der Waals surface area contributed by atoms with Crippen LogP contribution in [0.5, 0.6) is 11.5 Å². The van der Waals surface area contributed by atoms with E-state index in [9.17, 15) is 9.26 Å². The molecular weight excluding hydrogens is 164 g/mol. The van der Waals surface area contributed by atoms with Crippen molar-refractivity contribution in [2.75, 3.05) is 0 Å². The summed E-state index contributed by atoms with van der Waals surface area (Å²) in [7, 11) is -3.21. The summed E-state index contributed by atoms with van der Waals surface area (Å²) in [6.45, 7) is 0. The highest BCUT2D eigenvalue weighted by Crippen LogP contribution is 2.16. The molecule has 5 heteroatoms. The van der Waals surface area contributed by atoms with Gasteiger partial charge in [-0.1, -0.05) is 6.07 Å². The fourth-order valence-corrected chi connectivity index (χ4v) is 0.963. The zero-order chi connectivity index (χ0) is 8.27. The highest BCUT2D eigenvalue weighted by Gasteiger charge is 1.92. The third-order valence-corrected chi connectivity index (χ3v) is 1.42. The molecule has 0 bridgehead atoms. The van der Waals surface area contributed by atoms with Crippen LogP contribution in [0.1, 0.15) is 0 Å². The first-order chi connectivity index (χ1) is 5.18. The lowest BCUT2D eigenvalue weighted by Crippen LogP contribution is -2.26. The van der Waals surface area contributed by atoms with Crippen molar-refractivity contribution < 1.29 is 18.8 Å². The largest absolute Gasteiger partial charge is 0.554 e. The number of hydrogen-bond donors (Lipinski definition) is 1. The van der Waals surface area contributed by atoms with E-state index in [4.69, 9.17) is 5.11 Å². The van der Waals surface area contributed by atoms with E-state index in [2.05, 4.69) is 4.43 Å². The molecule has 0 spiro atoms. The van der Waals surface area contributed by atoms with Gasteiger partial charge in [-0.05, 0) is 12.1 Å². The molecule has 0 aliphatic heterocycles. The van der Waals surface area contributed by atoms with Crippen LogP contribution >= 0.6 is 0 Å². The van der Waals surface area contributed by atoms with Crippen LogP contribution in [0.4, 0.5) is 0 Å². The van der Waals surface area contributed by atoms with Gasteiger partial charge in [-0.2, -0.15) is 0 Å². The van der Waals surface area contributed by atoms with Crippen molar-refractivity contribution in [1.82, 2.24) is 0 Å². The van der Waals surface area contributed by atoms with Crippen LogP contribution < -0.4 is 9.22 Å². The second-order valence-electron chi connectivity index (χ2n) is 1.85. The molecule has 0 heterocycles. The lowest BCUT2D eigenvalue weighted by molar-refractivity contribution is -0.220. The van der Waals surface area contributed by atoms with Gasteiger partial charge in [0.05, 0.1) is 0 Å². The third-order valence-electron chi connectivity index (χ3n) is 1.02. The average Bonchev–Trinajstić information content (AvgIpc) is 1.85. The minimum Gasteiger partial charge on any atom is -0.554 e. The van der Waals surface area contributed by atoms with Crippen molar-refractivity contribution >= 4 is 9.17 Å². The summed E-state index contributed by atoms with van der Waals surface area (Å²) in [6.07, 6.45) is 0. The van der Waals surface area contributed by atoms with Gasteiger partial charge in [-0.15, -0.1) is 0 Å². The number of rotatable bonds is 2. The monoisotopic (exact) mass is 169 g/mol. The van der Waals surface area contributed by atoms with Gasteiger partial charge in [0.1, 0.15) is 5.75 Å². The summed E-state index contributed by atoms with van der Waals surface area (Å²) in [5, 5.41) is 8.85. The first-order valence-corrected chi connectivity index (χ1v) is 4.09. The van der Waals surface area contributed by atoms with E-state index in [0.29, 0.717) is 0 Å². The maximum Gasteiger partial charge on any atom is 0.418 e. The zero-order valence-electron chi connectivity index (χ0n) is 5.48. The molecule has 0 saturated carbocycles. The molecule has 0 radical (unpaired) electrons. The molecule has 0 fully saturated rings. The normalized spacial score (nSPS) is 9.09. The average molecular weight is 169 g/mol. The number of aromatic hydroxyl groups is 1. The molecule has 1 rings (SSSR count). The van der Waals surface area contributed by atoms with Crippen molar-refractivity contribution in [2.24, 2.45) is 0 Å². The Bertz CT molecular complexity index is 273. The third kappa shape index (κ3) is 2.38. The molecule has 58 valence electrons. The van der Waals surface area contributed by atoms with Crippen molar-refractivity contribution in [3.8, 4) is 11.5 Å². The Labute approximate surface area is 64.6 Å². The van der Waals surface area contributed by atoms with E-state index in [-0.39, 0.29) is 11.5 Å². The molecule has 0 aliphatic rings. The Balaban J connectivity index is 2.79. The first-order valence-electron chi connectivity index (χ1n) is 2.86. The quantitative estimate of drug-likeness (QED) is 0.608. The minimum absolute atomic E-state index is 0.0225. The Morgan fingerprint density at radius 3 is 2.82 bits per heavy atom. The van der Waals surface area contributed by atoms with E-state index < -0.39 is 9.17 Å². The molecule has 0 amide bonds. The second kappa shape index (κ2) is 3.15. The fraction of sp³-hybridized carbons (Fsp3) is 0. The molecule has 1 N–H and O–H groups in total. The molecule has 0 unspecified atom stereocenters. The molecule has 0 atom stereocenters. The van der Waals surface area contributed by atoms with Crippen LogP contribution in [-0.2, 0) is 4.46 Å².